The first-order valence-corrected chi connectivity index (χ1v) is 4.59. The molecular formula is C9H8ClN3O2. The summed E-state index contributed by atoms with van der Waals surface area (Å²) in [5.74, 6) is 0.0498. The van der Waals surface area contributed by atoms with Gasteiger partial charge in [0.05, 0.1) is 12.8 Å². The van der Waals surface area contributed by atoms with E-state index < -0.39 is 0 Å². The number of benzene rings is 1. The monoisotopic (exact) mass is 225 g/mol. The van der Waals surface area contributed by atoms with E-state index in [0.29, 0.717) is 16.4 Å². The highest BCUT2D eigenvalue weighted by Gasteiger charge is 2.07. The summed E-state index contributed by atoms with van der Waals surface area (Å²) in [6.07, 6.45) is 1.52. The van der Waals surface area contributed by atoms with Crippen LogP contribution in [0.5, 0.6) is 5.75 Å². The van der Waals surface area contributed by atoms with Crippen molar-refractivity contribution in [2.75, 3.05) is 0 Å². The quantitative estimate of drug-likeness (QED) is 0.804. The van der Waals surface area contributed by atoms with Crippen molar-refractivity contribution in [3.8, 4) is 11.4 Å². The molecule has 6 heteroatoms. The van der Waals surface area contributed by atoms with Gasteiger partial charge in [-0.15, -0.1) is 5.10 Å². The van der Waals surface area contributed by atoms with E-state index >= 15 is 0 Å². The van der Waals surface area contributed by atoms with E-state index in [-0.39, 0.29) is 12.4 Å². The van der Waals surface area contributed by atoms with Gasteiger partial charge in [-0.25, -0.2) is 4.68 Å². The maximum absolute atomic E-state index is 9.56. The molecule has 0 aliphatic rings. The zero-order chi connectivity index (χ0) is 10.8. The van der Waals surface area contributed by atoms with Crippen molar-refractivity contribution in [3.63, 3.8) is 0 Å². The molecule has 15 heavy (non-hydrogen) atoms. The molecule has 0 amide bonds. The topological polar surface area (TPSA) is 71.2 Å². The maximum Gasteiger partial charge on any atom is 0.141 e. The molecule has 78 valence electrons. The summed E-state index contributed by atoms with van der Waals surface area (Å²) >= 11 is 5.79. The second-order valence-corrected chi connectivity index (χ2v) is 3.38. The first-order valence-electron chi connectivity index (χ1n) is 4.21. The van der Waals surface area contributed by atoms with Crippen LogP contribution >= 0.6 is 11.6 Å². The van der Waals surface area contributed by atoms with Gasteiger partial charge in [0.15, 0.2) is 0 Å². The van der Waals surface area contributed by atoms with Crippen LogP contribution in [0.4, 0.5) is 0 Å². The van der Waals surface area contributed by atoms with Crippen LogP contribution in [0.3, 0.4) is 0 Å². The molecule has 0 radical (unpaired) electrons. The van der Waals surface area contributed by atoms with Gasteiger partial charge in [-0.3, -0.25) is 0 Å². The average molecular weight is 226 g/mol. The SMILES string of the molecule is OCc1cn(-c2cc(Cl)ccc2O)nn1. The summed E-state index contributed by atoms with van der Waals surface area (Å²) in [6, 6.07) is 4.61. The van der Waals surface area contributed by atoms with Gasteiger partial charge in [0.25, 0.3) is 0 Å². The zero-order valence-corrected chi connectivity index (χ0v) is 8.39. The van der Waals surface area contributed by atoms with E-state index in [2.05, 4.69) is 10.3 Å². The Balaban J connectivity index is 2.48. The third-order valence-corrected chi connectivity index (χ3v) is 2.12. The standard InChI is InChI=1S/C9H8ClN3O2/c10-6-1-2-9(15)8(3-6)13-4-7(5-14)11-12-13/h1-4,14-15H,5H2. The highest BCUT2D eigenvalue weighted by molar-refractivity contribution is 6.30. The van der Waals surface area contributed by atoms with Crippen LogP contribution in [0, 0.1) is 0 Å². The molecule has 0 unspecified atom stereocenters. The number of aromatic nitrogens is 3. The number of aliphatic hydroxyl groups excluding tert-OH is 1. The van der Waals surface area contributed by atoms with E-state index in [9.17, 15) is 5.11 Å². The zero-order valence-electron chi connectivity index (χ0n) is 7.63. The molecule has 0 atom stereocenters. The Morgan fingerprint density at radius 3 is 2.87 bits per heavy atom. The second-order valence-electron chi connectivity index (χ2n) is 2.95. The molecule has 0 saturated carbocycles. The molecular weight excluding hydrogens is 218 g/mol. The predicted molar refractivity (Wildman–Crippen MR) is 54.0 cm³/mol. The van der Waals surface area contributed by atoms with Crippen LogP contribution < -0.4 is 0 Å². The maximum atomic E-state index is 9.56. The Labute approximate surface area is 90.5 Å². The Kier molecular flexibility index (Phi) is 2.57. The van der Waals surface area contributed by atoms with Gasteiger partial charge in [-0.05, 0) is 18.2 Å². The van der Waals surface area contributed by atoms with Crippen LogP contribution in [0.1, 0.15) is 5.69 Å². The van der Waals surface area contributed by atoms with Gasteiger partial charge in [-0.1, -0.05) is 16.8 Å². The minimum Gasteiger partial charge on any atom is -0.506 e. The van der Waals surface area contributed by atoms with E-state index in [0.717, 1.165) is 0 Å². The first-order chi connectivity index (χ1) is 7.20. The van der Waals surface area contributed by atoms with Gasteiger partial charge >= 0.3 is 0 Å². The molecule has 2 aromatic rings. The van der Waals surface area contributed by atoms with E-state index in [4.69, 9.17) is 16.7 Å². The van der Waals surface area contributed by atoms with Gasteiger partial charge in [0.2, 0.25) is 0 Å². The number of hydrogen-bond donors (Lipinski definition) is 2. The third-order valence-electron chi connectivity index (χ3n) is 1.89. The lowest BCUT2D eigenvalue weighted by molar-refractivity contribution is 0.276. The molecule has 2 rings (SSSR count). The second kappa shape index (κ2) is 3.88. The number of phenolic OH excluding ortho intramolecular Hbond substituents is 1. The minimum atomic E-state index is -0.193. The summed E-state index contributed by atoms with van der Waals surface area (Å²) < 4.78 is 1.35. The predicted octanol–water partition coefficient (Wildman–Crippen LogP) is 1.12. The van der Waals surface area contributed by atoms with Crippen molar-refractivity contribution in [1.82, 2.24) is 15.0 Å². The molecule has 0 saturated heterocycles. The van der Waals surface area contributed by atoms with Crippen molar-refractivity contribution < 1.29 is 10.2 Å². The molecule has 1 aromatic carbocycles. The molecule has 1 aromatic heterocycles. The van der Waals surface area contributed by atoms with E-state index in [1.165, 1.54) is 16.9 Å². The normalized spacial score (nSPS) is 10.5. The molecule has 1 heterocycles. The number of rotatable bonds is 2. The van der Waals surface area contributed by atoms with Crippen molar-refractivity contribution >= 4 is 11.6 Å². The first kappa shape index (κ1) is 9.95. The molecule has 0 bridgehead atoms. The summed E-state index contributed by atoms with van der Waals surface area (Å²) in [4.78, 5) is 0. The minimum absolute atomic E-state index is 0.0498. The summed E-state index contributed by atoms with van der Waals surface area (Å²) in [5, 5.41) is 26.3. The van der Waals surface area contributed by atoms with Gasteiger partial charge < -0.3 is 10.2 Å². The number of aromatic hydroxyl groups is 1. The third kappa shape index (κ3) is 1.93. The lowest BCUT2D eigenvalue weighted by Gasteiger charge is -2.03. The summed E-state index contributed by atoms with van der Waals surface area (Å²) in [7, 11) is 0. The number of halogens is 1. The van der Waals surface area contributed by atoms with Crippen LogP contribution in [0.2, 0.25) is 5.02 Å². The van der Waals surface area contributed by atoms with Crippen LogP contribution in [-0.2, 0) is 6.61 Å². The lowest BCUT2D eigenvalue weighted by Crippen LogP contribution is -1.95. The average Bonchev–Trinajstić information content (AvgIpc) is 2.70. The summed E-state index contributed by atoms with van der Waals surface area (Å²) in [6.45, 7) is -0.193. The van der Waals surface area contributed by atoms with Crippen LogP contribution in [0.15, 0.2) is 24.4 Å². The van der Waals surface area contributed by atoms with Crippen molar-refractivity contribution in [1.29, 1.82) is 0 Å². The van der Waals surface area contributed by atoms with Gasteiger partial charge in [-0.2, -0.15) is 0 Å². The Morgan fingerprint density at radius 2 is 2.20 bits per heavy atom. The molecule has 0 spiro atoms. The Morgan fingerprint density at radius 1 is 1.40 bits per heavy atom. The number of phenols is 1. The molecule has 0 aliphatic heterocycles. The van der Waals surface area contributed by atoms with Crippen LogP contribution in [-0.4, -0.2) is 25.2 Å². The Hall–Kier alpha value is -1.59. The fourth-order valence-corrected chi connectivity index (χ4v) is 1.34. The fraction of sp³-hybridized carbons (Fsp3) is 0.111. The largest absolute Gasteiger partial charge is 0.506 e. The highest BCUT2D eigenvalue weighted by atomic mass is 35.5. The smallest absolute Gasteiger partial charge is 0.141 e. The molecule has 2 N–H and O–H groups in total. The number of nitrogens with zero attached hydrogens (tertiary/aromatic N) is 3. The number of aliphatic hydroxyl groups is 1. The van der Waals surface area contributed by atoms with Gasteiger partial charge in [0, 0.05) is 5.02 Å². The van der Waals surface area contributed by atoms with E-state index in [1.807, 2.05) is 0 Å². The van der Waals surface area contributed by atoms with E-state index in [1.54, 1.807) is 12.1 Å². The number of hydrogen-bond acceptors (Lipinski definition) is 4. The van der Waals surface area contributed by atoms with Crippen molar-refractivity contribution in [3.05, 3.63) is 35.1 Å². The van der Waals surface area contributed by atoms with Crippen molar-refractivity contribution in [2.45, 2.75) is 6.61 Å². The summed E-state index contributed by atoms with van der Waals surface area (Å²) in [5.41, 5.74) is 0.851. The fourth-order valence-electron chi connectivity index (χ4n) is 1.17. The molecule has 5 nitrogen and oxygen atoms in total. The molecule has 0 fully saturated rings. The van der Waals surface area contributed by atoms with Crippen LogP contribution in [0.25, 0.3) is 5.69 Å². The Bertz CT molecular complexity index is 484. The van der Waals surface area contributed by atoms with Crippen molar-refractivity contribution in [2.24, 2.45) is 0 Å². The highest BCUT2D eigenvalue weighted by Crippen LogP contribution is 2.24. The van der Waals surface area contributed by atoms with Gasteiger partial charge in [0.1, 0.15) is 17.1 Å². The lowest BCUT2D eigenvalue weighted by atomic mass is 10.3. The molecule has 0 aliphatic carbocycles.